The van der Waals surface area contributed by atoms with Gasteiger partial charge in [-0.25, -0.2) is 14.3 Å². The quantitative estimate of drug-likeness (QED) is 0.199. The normalized spacial score (nSPS) is 16.9. The summed E-state index contributed by atoms with van der Waals surface area (Å²) < 4.78 is 6.75. The van der Waals surface area contributed by atoms with Gasteiger partial charge in [0.15, 0.2) is 6.61 Å². The van der Waals surface area contributed by atoms with Crippen molar-refractivity contribution in [2.24, 2.45) is 0 Å². The van der Waals surface area contributed by atoms with Crippen LogP contribution in [0.2, 0.25) is 0 Å². The highest BCUT2D eigenvalue weighted by Gasteiger charge is 2.50. The van der Waals surface area contributed by atoms with E-state index >= 15 is 0 Å². The maximum atomic E-state index is 12.9. The molecule has 0 saturated carbocycles. The SMILES string of the molecule is CC1(c2ccccc2)NC(=O)N(NC(=O)COC(=O)/C=C/c2cn(-c3ccccc3)nc2-c2cccs2)C1=O. The Bertz CT molecular complexity index is 1550. The number of urea groups is 1. The zero-order valence-electron chi connectivity index (χ0n) is 20.7. The van der Waals surface area contributed by atoms with Crippen molar-refractivity contribution in [2.45, 2.75) is 12.5 Å². The van der Waals surface area contributed by atoms with E-state index in [2.05, 4.69) is 15.8 Å². The molecule has 0 spiro atoms. The summed E-state index contributed by atoms with van der Waals surface area (Å²) in [4.78, 5) is 51.0. The molecule has 1 saturated heterocycles. The van der Waals surface area contributed by atoms with E-state index in [1.165, 1.54) is 17.4 Å². The lowest BCUT2D eigenvalue weighted by Crippen LogP contribution is -2.49. The van der Waals surface area contributed by atoms with Crippen molar-refractivity contribution in [1.82, 2.24) is 25.5 Å². The number of carbonyl (C=O) groups excluding carboxylic acids is 4. The average molecular weight is 542 g/mol. The van der Waals surface area contributed by atoms with E-state index in [9.17, 15) is 19.2 Å². The van der Waals surface area contributed by atoms with Gasteiger partial charge in [0.25, 0.3) is 11.8 Å². The van der Waals surface area contributed by atoms with Gasteiger partial charge in [-0.3, -0.25) is 15.0 Å². The van der Waals surface area contributed by atoms with Gasteiger partial charge in [-0.2, -0.15) is 10.1 Å². The molecule has 196 valence electrons. The summed E-state index contributed by atoms with van der Waals surface area (Å²) in [5.41, 5.74) is 3.66. The maximum absolute atomic E-state index is 12.9. The van der Waals surface area contributed by atoms with Crippen LogP contribution in [-0.2, 0) is 24.7 Å². The number of nitrogens with zero attached hydrogens (tertiary/aromatic N) is 3. The van der Waals surface area contributed by atoms with E-state index in [0.29, 0.717) is 21.8 Å². The molecule has 0 radical (unpaired) electrons. The van der Waals surface area contributed by atoms with Crippen LogP contribution in [0.4, 0.5) is 4.79 Å². The number of aromatic nitrogens is 2. The van der Waals surface area contributed by atoms with Gasteiger partial charge in [0, 0.05) is 17.8 Å². The molecule has 2 aromatic heterocycles. The Morgan fingerprint density at radius 2 is 1.77 bits per heavy atom. The predicted octanol–water partition coefficient (Wildman–Crippen LogP) is 3.66. The van der Waals surface area contributed by atoms with Gasteiger partial charge in [0.05, 0.1) is 10.6 Å². The summed E-state index contributed by atoms with van der Waals surface area (Å²) >= 11 is 1.52. The minimum Gasteiger partial charge on any atom is -0.452 e. The fourth-order valence-corrected chi connectivity index (χ4v) is 4.77. The van der Waals surface area contributed by atoms with Crippen LogP contribution in [0.1, 0.15) is 18.1 Å². The van der Waals surface area contributed by atoms with Crippen LogP contribution < -0.4 is 10.7 Å². The fourth-order valence-electron chi connectivity index (χ4n) is 4.03. The zero-order valence-corrected chi connectivity index (χ0v) is 21.6. The summed E-state index contributed by atoms with van der Waals surface area (Å²) in [6.07, 6.45) is 4.55. The van der Waals surface area contributed by atoms with Crippen molar-refractivity contribution >= 4 is 41.2 Å². The first-order chi connectivity index (χ1) is 18.8. The van der Waals surface area contributed by atoms with Crippen molar-refractivity contribution in [2.75, 3.05) is 6.61 Å². The molecule has 10 nitrogen and oxygen atoms in total. The molecule has 11 heteroatoms. The minimum absolute atomic E-state index is 0.564. The Hall–Kier alpha value is -5.03. The highest BCUT2D eigenvalue weighted by atomic mass is 32.1. The number of carbonyl (C=O) groups is 4. The molecule has 39 heavy (non-hydrogen) atoms. The first kappa shape index (κ1) is 25.6. The maximum Gasteiger partial charge on any atom is 0.344 e. The van der Waals surface area contributed by atoms with Crippen molar-refractivity contribution < 1.29 is 23.9 Å². The number of nitrogens with one attached hydrogen (secondary N) is 2. The van der Waals surface area contributed by atoms with Crippen molar-refractivity contribution in [3.8, 4) is 16.3 Å². The molecule has 4 amide bonds. The van der Waals surface area contributed by atoms with E-state index < -0.39 is 36.0 Å². The van der Waals surface area contributed by atoms with Crippen LogP contribution in [0.25, 0.3) is 22.3 Å². The fraction of sp³-hybridized carbons (Fsp3) is 0.107. The minimum atomic E-state index is -1.34. The summed E-state index contributed by atoms with van der Waals surface area (Å²) in [6.45, 7) is 0.854. The molecule has 0 aliphatic carbocycles. The van der Waals surface area contributed by atoms with Crippen molar-refractivity contribution in [1.29, 1.82) is 0 Å². The highest BCUT2D eigenvalue weighted by molar-refractivity contribution is 7.13. The van der Waals surface area contributed by atoms with E-state index in [1.54, 1.807) is 54.2 Å². The Labute approximate surface area is 227 Å². The summed E-state index contributed by atoms with van der Waals surface area (Å²) in [5, 5.41) is 9.77. The number of rotatable bonds is 8. The molecule has 2 aromatic carbocycles. The van der Waals surface area contributed by atoms with Gasteiger partial charge in [0.2, 0.25) is 0 Å². The topological polar surface area (TPSA) is 123 Å². The molecule has 0 bridgehead atoms. The summed E-state index contributed by atoms with van der Waals surface area (Å²) in [6, 6.07) is 21.3. The smallest absolute Gasteiger partial charge is 0.344 e. The highest BCUT2D eigenvalue weighted by Crippen LogP contribution is 2.29. The molecule has 1 atom stereocenters. The van der Waals surface area contributed by atoms with Crippen LogP contribution in [0, 0.1) is 0 Å². The predicted molar refractivity (Wildman–Crippen MR) is 144 cm³/mol. The van der Waals surface area contributed by atoms with Gasteiger partial charge in [-0.15, -0.1) is 11.3 Å². The second-order valence-electron chi connectivity index (χ2n) is 8.73. The number of ether oxygens (including phenoxy) is 1. The average Bonchev–Trinajstić information content (AvgIpc) is 3.68. The number of hydrazine groups is 1. The summed E-state index contributed by atoms with van der Waals surface area (Å²) in [7, 11) is 0. The lowest BCUT2D eigenvalue weighted by Gasteiger charge is -2.22. The summed E-state index contributed by atoms with van der Waals surface area (Å²) in [5.74, 6) is -2.27. The monoisotopic (exact) mass is 541 g/mol. The van der Waals surface area contributed by atoms with Crippen molar-refractivity contribution in [3.05, 3.63) is 102 Å². The van der Waals surface area contributed by atoms with Crippen molar-refractivity contribution in [3.63, 3.8) is 0 Å². The molecule has 1 aliphatic heterocycles. The molecular weight excluding hydrogens is 518 g/mol. The second kappa shape index (κ2) is 10.8. The largest absolute Gasteiger partial charge is 0.452 e. The molecule has 2 N–H and O–H groups in total. The molecule has 3 heterocycles. The third-order valence-corrected chi connectivity index (χ3v) is 6.92. The number of thiophene rings is 1. The Morgan fingerprint density at radius 3 is 2.46 bits per heavy atom. The third kappa shape index (κ3) is 5.34. The first-order valence-electron chi connectivity index (χ1n) is 11.9. The van der Waals surface area contributed by atoms with Gasteiger partial charge < -0.3 is 10.1 Å². The van der Waals surface area contributed by atoms with Gasteiger partial charge in [-0.1, -0.05) is 54.6 Å². The molecule has 4 aromatic rings. The number of para-hydroxylation sites is 1. The lowest BCUT2D eigenvalue weighted by molar-refractivity contribution is -0.147. The third-order valence-electron chi connectivity index (χ3n) is 6.04. The Morgan fingerprint density at radius 1 is 1.05 bits per heavy atom. The Balaban J connectivity index is 1.22. The van der Waals surface area contributed by atoms with E-state index in [4.69, 9.17) is 4.74 Å². The molecule has 1 unspecified atom stereocenters. The van der Waals surface area contributed by atoms with Crippen LogP contribution in [0.3, 0.4) is 0 Å². The Kier molecular flexibility index (Phi) is 7.06. The van der Waals surface area contributed by atoms with Crippen LogP contribution in [0.5, 0.6) is 0 Å². The van der Waals surface area contributed by atoms with Crippen LogP contribution in [0.15, 0.2) is 90.4 Å². The van der Waals surface area contributed by atoms with Gasteiger partial charge in [0.1, 0.15) is 11.2 Å². The standard InChI is InChI=1S/C28H23N5O5S/c1-28(20-9-4-2-5-10-20)26(36)33(27(37)29-28)30-23(34)18-38-24(35)15-14-19-17-32(21-11-6-3-7-12-21)31-25(19)22-13-8-16-39-22/h2-17H,18H2,1H3,(H,29,37)(H,30,34)/b15-14+. The number of amides is 4. The van der Waals surface area contributed by atoms with Crippen LogP contribution >= 0.6 is 11.3 Å². The lowest BCUT2D eigenvalue weighted by atomic mass is 9.92. The van der Waals surface area contributed by atoms with Gasteiger partial charge in [-0.05, 0) is 42.1 Å². The first-order valence-corrected chi connectivity index (χ1v) is 12.8. The number of benzene rings is 2. The number of hydrogen-bond donors (Lipinski definition) is 2. The number of esters is 1. The molecule has 1 fully saturated rings. The number of imide groups is 1. The number of hydrogen-bond acceptors (Lipinski definition) is 7. The second-order valence-corrected chi connectivity index (χ2v) is 9.68. The van der Waals surface area contributed by atoms with E-state index in [1.807, 2.05) is 47.8 Å². The zero-order chi connectivity index (χ0) is 27.4. The van der Waals surface area contributed by atoms with E-state index in [-0.39, 0.29) is 0 Å². The molecule has 1 aliphatic rings. The van der Waals surface area contributed by atoms with E-state index in [0.717, 1.165) is 10.6 Å². The molecule has 5 rings (SSSR count). The molecular formula is C28H23N5O5S. The van der Waals surface area contributed by atoms with Gasteiger partial charge >= 0.3 is 12.0 Å². The van der Waals surface area contributed by atoms with Crippen LogP contribution in [-0.4, -0.2) is 45.2 Å².